The van der Waals surface area contributed by atoms with E-state index in [4.69, 9.17) is 19.6 Å². The Labute approximate surface area is 230 Å². The van der Waals surface area contributed by atoms with Crippen molar-refractivity contribution in [2.75, 3.05) is 52.3 Å². The van der Waals surface area contributed by atoms with Gasteiger partial charge in [0.15, 0.2) is 0 Å². The highest BCUT2D eigenvalue weighted by Gasteiger charge is 2.30. The predicted octanol–water partition coefficient (Wildman–Crippen LogP) is 4.62. The molecule has 3 aromatic rings. The van der Waals surface area contributed by atoms with Gasteiger partial charge in [0.25, 0.3) is 0 Å². The number of β-amino-alcohol motifs (C(OH)–C–C–N with tert-alkyl or cyclic N) is 1. The van der Waals surface area contributed by atoms with Crippen LogP contribution in [-0.2, 0) is 11.3 Å². The standard InChI is InChI=1S/C29H31F3N4O4/c1-39-27-17-20(28(38)40-2)8-9-25(27)33-12-4-5-22-18-23-24(34-21-10-13-35(14-11-21)15-16-37)6-3-7-26(23)36(22)19-29(30,31)32/h3,6-9,17-18,33,37H,10-16,19H2,1-2H3. The number of hydrogen-bond donors (Lipinski definition) is 2. The molecule has 1 aliphatic heterocycles. The average molecular weight is 557 g/mol. The highest BCUT2D eigenvalue weighted by Crippen LogP contribution is 2.32. The molecule has 0 bridgehead atoms. The first-order valence-corrected chi connectivity index (χ1v) is 12.8. The van der Waals surface area contributed by atoms with Crippen LogP contribution in [0.15, 0.2) is 47.5 Å². The van der Waals surface area contributed by atoms with Gasteiger partial charge in [-0.15, -0.1) is 0 Å². The molecule has 1 saturated heterocycles. The van der Waals surface area contributed by atoms with E-state index < -0.39 is 18.7 Å². The number of aliphatic hydroxyl groups excluding tert-OH is 1. The van der Waals surface area contributed by atoms with Gasteiger partial charge in [-0.3, -0.25) is 4.99 Å². The Morgan fingerprint density at radius 2 is 1.93 bits per heavy atom. The molecular formula is C29H31F3N4O4. The van der Waals surface area contributed by atoms with Crippen molar-refractivity contribution in [2.24, 2.45) is 4.99 Å². The Balaban J connectivity index is 1.59. The van der Waals surface area contributed by atoms with Gasteiger partial charge in [-0.2, -0.15) is 13.2 Å². The second-order valence-electron chi connectivity index (χ2n) is 9.25. The smallest absolute Gasteiger partial charge is 0.406 e. The van der Waals surface area contributed by atoms with Crippen molar-refractivity contribution in [2.45, 2.75) is 25.6 Å². The number of alkyl halides is 3. The van der Waals surface area contributed by atoms with Gasteiger partial charge in [-0.25, -0.2) is 4.79 Å². The molecule has 8 nitrogen and oxygen atoms in total. The quantitative estimate of drug-likeness (QED) is 0.311. The van der Waals surface area contributed by atoms with Crippen LogP contribution in [-0.4, -0.2) is 79.4 Å². The number of aliphatic hydroxyl groups is 1. The van der Waals surface area contributed by atoms with E-state index >= 15 is 0 Å². The molecule has 0 spiro atoms. The predicted molar refractivity (Wildman–Crippen MR) is 148 cm³/mol. The van der Waals surface area contributed by atoms with Crippen LogP contribution in [0.4, 0.5) is 24.5 Å². The van der Waals surface area contributed by atoms with Crippen LogP contribution in [0.2, 0.25) is 0 Å². The Morgan fingerprint density at radius 1 is 1.15 bits per heavy atom. The van der Waals surface area contributed by atoms with Crippen LogP contribution in [0.3, 0.4) is 0 Å². The van der Waals surface area contributed by atoms with Crippen LogP contribution in [0.1, 0.15) is 28.9 Å². The number of halogens is 3. The second kappa shape index (κ2) is 12.9. The summed E-state index contributed by atoms with van der Waals surface area (Å²) in [5, 5.41) is 12.8. The Bertz CT molecular complexity index is 1440. The molecule has 0 unspecified atom stereocenters. The molecule has 2 heterocycles. The zero-order chi connectivity index (χ0) is 28.7. The zero-order valence-electron chi connectivity index (χ0n) is 22.3. The summed E-state index contributed by atoms with van der Waals surface area (Å²) in [7, 11) is 2.75. The fraction of sp³-hybridized carbons (Fsp3) is 0.379. The van der Waals surface area contributed by atoms with Crippen molar-refractivity contribution in [3.63, 3.8) is 0 Å². The Hall–Kier alpha value is -4.01. The van der Waals surface area contributed by atoms with E-state index in [1.807, 2.05) is 0 Å². The summed E-state index contributed by atoms with van der Waals surface area (Å²) in [6.07, 6.45) is -2.96. The number of hydrogen-bond acceptors (Lipinski definition) is 7. The third-order valence-corrected chi connectivity index (χ3v) is 6.59. The summed E-state index contributed by atoms with van der Waals surface area (Å²) in [6, 6.07) is 11.6. The van der Waals surface area contributed by atoms with Crippen molar-refractivity contribution in [3.8, 4) is 17.6 Å². The van der Waals surface area contributed by atoms with Crippen molar-refractivity contribution in [3.05, 3.63) is 53.7 Å². The molecule has 4 rings (SSSR count). The average Bonchev–Trinajstić information content (AvgIpc) is 3.28. The number of rotatable bonds is 8. The maximum Gasteiger partial charge on any atom is 0.406 e. The third-order valence-electron chi connectivity index (χ3n) is 6.59. The molecule has 0 saturated carbocycles. The van der Waals surface area contributed by atoms with Crippen LogP contribution in [0.5, 0.6) is 5.75 Å². The molecule has 212 valence electrons. The SMILES string of the molecule is COC(=O)c1ccc(NCC#Cc2cc3c(N=C4CCN(CCO)CC4)cccc3n2CC(F)(F)F)c(OC)c1. The molecule has 1 aromatic heterocycles. The van der Waals surface area contributed by atoms with E-state index in [-0.39, 0.29) is 18.8 Å². The fourth-order valence-corrected chi connectivity index (χ4v) is 4.63. The van der Waals surface area contributed by atoms with E-state index in [0.29, 0.717) is 40.1 Å². The summed E-state index contributed by atoms with van der Waals surface area (Å²) < 4.78 is 51.8. The normalized spacial score (nSPS) is 14.0. The summed E-state index contributed by atoms with van der Waals surface area (Å²) in [5.41, 5.74) is 3.13. The lowest BCUT2D eigenvalue weighted by atomic mass is 10.1. The number of fused-ring (bicyclic) bond motifs is 1. The van der Waals surface area contributed by atoms with Crippen LogP contribution >= 0.6 is 0 Å². The van der Waals surface area contributed by atoms with Gasteiger partial charge in [-0.1, -0.05) is 12.0 Å². The summed E-state index contributed by atoms with van der Waals surface area (Å²) in [6.45, 7) is 1.24. The number of anilines is 1. The molecule has 2 N–H and O–H groups in total. The number of carbonyl (C=O) groups excluding carboxylic acids is 1. The van der Waals surface area contributed by atoms with Gasteiger partial charge < -0.3 is 29.4 Å². The molecule has 0 atom stereocenters. The number of esters is 1. The molecular weight excluding hydrogens is 525 g/mol. The van der Waals surface area contributed by atoms with Gasteiger partial charge >= 0.3 is 12.1 Å². The van der Waals surface area contributed by atoms with E-state index in [2.05, 4.69) is 22.1 Å². The number of nitrogens with one attached hydrogen (secondary N) is 1. The number of aromatic nitrogens is 1. The van der Waals surface area contributed by atoms with Crippen LogP contribution < -0.4 is 10.1 Å². The van der Waals surface area contributed by atoms with Crippen LogP contribution in [0.25, 0.3) is 10.9 Å². The number of nitrogens with zero attached hydrogens (tertiary/aromatic N) is 3. The first-order chi connectivity index (χ1) is 19.2. The lowest BCUT2D eigenvalue weighted by Crippen LogP contribution is -2.35. The Morgan fingerprint density at radius 3 is 2.60 bits per heavy atom. The number of aliphatic imine (C=N–C) groups is 1. The highest BCUT2D eigenvalue weighted by molar-refractivity contribution is 5.97. The Kier molecular flexibility index (Phi) is 9.34. The lowest BCUT2D eigenvalue weighted by molar-refractivity contribution is -0.140. The van der Waals surface area contributed by atoms with E-state index in [0.717, 1.165) is 31.6 Å². The molecule has 40 heavy (non-hydrogen) atoms. The third kappa shape index (κ3) is 7.14. The minimum Gasteiger partial charge on any atom is -0.495 e. The molecule has 0 aliphatic carbocycles. The minimum absolute atomic E-state index is 0.104. The van der Waals surface area contributed by atoms with Gasteiger partial charge in [0.05, 0.1) is 55.5 Å². The second-order valence-corrected chi connectivity index (χ2v) is 9.25. The summed E-state index contributed by atoms with van der Waals surface area (Å²) in [4.78, 5) is 18.7. The van der Waals surface area contributed by atoms with Gasteiger partial charge in [0, 0.05) is 30.7 Å². The number of ether oxygens (including phenoxy) is 2. The molecule has 1 fully saturated rings. The maximum atomic E-state index is 13.5. The van der Waals surface area contributed by atoms with E-state index in [9.17, 15) is 18.0 Å². The molecule has 11 heteroatoms. The minimum atomic E-state index is -4.43. The first kappa shape index (κ1) is 29.0. The largest absolute Gasteiger partial charge is 0.495 e. The molecule has 0 radical (unpaired) electrons. The number of methoxy groups -OCH3 is 2. The van der Waals surface area contributed by atoms with E-state index in [1.54, 1.807) is 36.4 Å². The number of piperidine rings is 1. The molecule has 2 aromatic carbocycles. The number of benzene rings is 2. The van der Waals surface area contributed by atoms with Gasteiger partial charge in [0.1, 0.15) is 12.3 Å². The summed E-state index contributed by atoms with van der Waals surface area (Å²) >= 11 is 0. The van der Waals surface area contributed by atoms with Crippen molar-refractivity contribution >= 4 is 34.0 Å². The topological polar surface area (TPSA) is 88.3 Å². The highest BCUT2D eigenvalue weighted by atomic mass is 19.4. The van der Waals surface area contributed by atoms with E-state index in [1.165, 1.54) is 24.9 Å². The van der Waals surface area contributed by atoms with Gasteiger partial charge in [-0.05, 0) is 55.2 Å². The van der Waals surface area contributed by atoms with Crippen LogP contribution in [0, 0.1) is 11.8 Å². The fourth-order valence-electron chi connectivity index (χ4n) is 4.63. The summed E-state index contributed by atoms with van der Waals surface area (Å²) in [5.74, 6) is 5.68. The molecule has 1 aliphatic rings. The number of likely N-dealkylation sites (tertiary alicyclic amines) is 1. The maximum absolute atomic E-state index is 13.5. The van der Waals surface area contributed by atoms with Crippen molar-refractivity contribution in [1.82, 2.24) is 9.47 Å². The van der Waals surface area contributed by atoms with Gasteiger partial charge in [0.2, 0.25) is 0 Å². The van der Waals surface area contributed by atoms with Crippen molar-refractivity contribution in [1.29, 1.82) is 0 Å². The van der Waals surface area contributed by atoms with Crippen molar-refractivity contribution < 1.29 is 32.5 Å². The molecule has 0 amide bonds. The zero-order valence-corrected chi connectivity index (χ0v) is 22.3. The monoisotopic (exact) mass is 556 g/mol. The number of carbonyl (C=O) groups is 1. The lowest BCUT2D eigenvalue weighted by Gasteiger charge is -2.26. The first-order valence-electron chi connectivity index (χ1n) is 12.8.